The lowest BCUT2D eigenvalue weighted by molar-refractivity contribution is 0.526. The van der Waals surface area contributed by atoms with E-state index >= 15 is 0 Å². The molecule has 9 heavy (non-hydrogen) atoms. The van der Waals surface area contributed by atoms with E-state index in [0.29, 0.717) is 0 Å². The summed E-state index contributed by atoms with van der Waals surface area (Å²) in [6.45, 7) is 0.170. The summed E-state index contributed by atoms with van der Waals surface area (Å²) >= 11 is -2.23. The van der Waals surface area contributed by atoms with Gasteiger partial charge in [-0.3, -0.25) is 4.21 Å². The normalized spacial score (nSPS) is 13.3. The first kappa shape index (κ1) is 8.30. The second kappa shape index (κ2) is 5.44. The first-order chi connectivity index (χ1) is 4.27. The Morgan fingerprint density at radius 2 is 2.56 bits per heavy atom. The molecular formula is C4H5N2O2S-. The van der Waals surface area contributed by atoms with Crippen molar-refractivity contribution in [1.29, 1.82) is 5.26 Å². The van der Waals surface area contributed by atoms with Crippen LogP contribution in [0.2, 0.25) is 0 Å². The number of allylic oxidation sites excluding steroid dienone is 1. The van der Waals surface area contributed by atoms with Crippen molar-refractivity contribution in [1.82, 2.24) is 4.72 Å². The predicted octanol–water partition coefficient (Wildman–Crippen LogP) is -0.550. The Bertz CT molecular complexity index is 160. The molecule has 0 aromatic heterocycles. The summed E-state index contributed by atoms with van der Waals surface area (Å²) in [5.74, 6) is 0. The Morgan fingerprint density at radius 3 is 3.00 bits per heavy atom. The van der Waals surface area contributed by atoms with Gasteiger partial charge in [0.2, 0.25) is 0 Å². The van der Waals surface area contributed by atoms with Gasteiger partial charge >= 0.3 is 0 Å². The molecule has 1 atom stereocenters. The van der Waals surface area contributed by atoms with E-state index in [4.69, 9.17) is 5.26 Å². The molecule has 0 aromatic carbocycles. The van der Waals surface area contributed by atoms with E-state index in [2.05, 4.69) is 4.72 Å². The van der Waals surface area contributed by atoms with Crippen LogP contribution in [0, 0.1) is 11.3 Å². The van der Waals surface area contributed by atoms with Gasteiger partial charge in [0.15, 0.2) is 0 Å². The summed E-state index contributed by atoms with van der Waals surface area (Å²) in [5, 5.41) is 7.91. The van der Waals surface area contributed by atoms with Crippen LogP contribution < -0.4 is 4.72 Å². The van der Waals surface area contributed by atoms with Crippen molar-refractivity contribution in [2.45, 2.75) is 0 Å². The van der Waals surface area contributed by atoms with Crippen LogP contribution in [0.5, 0.6) is 0 Å². The molecule has 0 radical (unpaired) electrons. The summed E-state index contributed by atoms with van der Waals surface area (Å²) in [6, 6.07) is 1.72. The maximum Gasteiger partial charge on any atom is 0.0909 e. The van der Waals surface area contributed by atoms with Gasteiger partial charge in [0.05, 0.1) is 6.07 Å². The van der Waals surface area contributed by atoms with Gasteiger partial charge in [-0.2, -0.15) is 5.26 Å². The Labute approximate surface area is 55.6 Å². The van der Waals surface area contributed by atoms with Gasteiger partial charge in [-0.1, -0.05) is 6.08 Å². The van der Waals surface area contributed by atoms with Gasteiger partial charge in [0.25, 0.3) is 0 Å². The Balaban J connectivity index is 3.22. The van der Waals surface area contributed by atoms with Crippen LogP contribution in [-0.4, -0.2) is 15.3 Å². The monoisotopic (exact) mass is 145 g/mol. The van der Waals surface area contributed by atoms with Gasteiger partial charge in [-0.05, 0) is 0 Å². The van der Waals surface area contributed by atoms with E-state index in [1.54, 1.807) is 6.07 Å². The summed E-state index contributed by atoms with van der Waals surface area (Å²) in [4.78, 5) is 0. The van der Waals surface area contributed by atoms with Crippen LogP contribution >= 0.6 is 0 Å². The number of nitriles is 1. The molecule has 50 valence electrons. The largest absolute Gasteiger partial charge is 0.760 e. The summed E-state index contributed by atoms with van der Waals surface area (Å²) in [6.07, 6.45) is 2.62. The van der Waals surface area contributed by atoms with Gasteiger partial charge in [-0.15, -0.1) is 0 Å². The lowest BCUT2D eigenvalue weighted by Gasteiger charge is -2.01. The maximum atomic E-state index is 9.73. The smallest absolute Gasteiger partial charge is 0.0909 e. The zero-order chi connectivity index (χ0) is 7.11. The molecule has 0 heterocycles. The molecule has 4 nitrogen and oxygen atoms in total. The molecule has 1 unspecified atom stereocenters. The molecule has 0 aliphatic rings. The average molecular weight is 145 g/mol. The molecule has 0 saturated heterocycles. The van der Waals surface area contributed by atoms with Crippen LogP contribution in [0.25, 0.3) is 0 Å². The minimum absolute atomic E-state index is 0.170. The quantitative estimate of drug-likeness (QED) is 0.427. The van der Waals surface area contributed by atoms with Crippen LogP contribution in [0.4, 0.5) is 0 Å². The fraction of sp³-hybridized carbons (Fsp3) is 0.250. The van der Waals surface area contributed by atoms with E-state index in [-0.39, 0.29) is 6.54 Å². The van der Waals surface area contributed by atoms with Gasteiger partial charge in [0.1, 0.15) is 0 Å². The molecule has 5 heteroatoms. The fourth-order valence-corrected chi connectivity index (χ4v) is 0.460. The fourth-order valence-electron chi connectivity index (χ4n) is 0.228. The first-order valence-corrected chi connectivity index (χ1v) is 3.22. The number of rotatable bonds is 3. The van der Waals surface area contributed by atoms with E-state index in [9.17, 15) is 8.76 Å². The van der Waals surface area contributed by atoms with Gasteiger partial charge in [0, 0.05) is 23.9 Å². The average Bonchev–Trinajstić information content (AvgIpc) is 1.80. The molecule has 0 fully saturated rings. The highest BCUT2D eigenvalue weighted by Crippen LogP contribution is 1.67. The van der Waals surface area contributed by atoms with Crippen molar-refractivity contribution in [3.8, 4) is 6.07 Å². The molecule has 0 aliphatic heterocycles. The van der Waals surface area contributed by atoms with Crippen molar-refractivity contribution in [3.63, 3.8) is 0 Å². The SMILES string of the molecule is N#CC=CCNS(=O)[O-]. The standard InChI is InChI=1S/C4H6N2O2S/c5-3-1-2-4-6-9(7)8/h1-2,6H,4H2,(H,7,8)/p-1. The molecule has 0 saturated carbocycles. The van der Waals surface area contributed by atoms with E-state index < -0.39 is 11.3 Å². The zero-order valence-corrected chi connectivity index (χ0v) is 5.35. The highest BCUT2D eigenvalue weighted by atomic mass is 32.2. The first-order valence-electron chi connectivity index (χ1n) is 2.14. The topological polar surface area (TPSA) is 76.0 Å². The minimum atomic E-state index is -2.23. The number of nitrogens with one attached hydrogen (secondary N) is 1. The molecule has 0 aromatic rings. The molecule has 0 rings (SSSR count). The van der Waals surface area contributed by atoms with Crippen molar-refractivity contribution < 1.29 is 8.76 Å². The van der Waals surface area contributed by atoms with Crippen molar-refractivity contribution in [3.05, 3.63) is 12.2 Å². The van der Waals surface area contributed by atoms with E-state index in [0.717, 1.165) is 0 Å². The summed E-state index contributed by atoms with van der Waals surface area (Å²) < 4.78 is 21.5. The summed E-state index contributed by atoms with van der Waals surface area (Å²) in [7, 11) is 0. The Morgan fingerprint density at radius 1 is 1.89 bits per heavy atom. The predicted molar refractivity (Wildman–Crippen MR) is 31.7 cm³/mol. The number of hydrogen-bond acceptors (Lipinski definition) is 3. The van der Waals surface area contributed by atoms with Crippen LogP contribution in [0.1, 0.15) is 0 Å². The van der Waals surface area contributed by atoms with E-state index in [1.807, 2.05) is 0 Å². The lowest BCUT2D eigenvalue weighted by atomic mass is 10.5. The third kappa shape index (κ3) is 7.30. The molecule has 1 N–H and O–H groups in total. The molecule has 0 bridgehead atoms. The summed E-state index contributed by atoms with van der Waals surface area (Å²) in [5.41, 5.74) is 0. The highest BCUT2D eigenvalue weighted by Gasteiger charge is 1.74. The van der Waals surface area contributed by atoms with Gasteiger partial charge < -0.3 is 4.55 Å². The third-order valence-corrected chi connectivity index (χ3v) is 0.914. The van der Waals surface area contributed by atoms with Crippen molar-refractivity contribution >= 4 is 11.3 Å². The lowest BCUT2D eigenvalue weighted by Crippen LogP contribution is -2.15. The second-order valence-electron chi connectivity index (χ2n) is 1.11. The highest BCUT2D eigenvalue weighted by molar-refractivity contribution is 7.77. The molecular weight excluding hydrogens is 140 g/mol. The second-order valence-corrected chi connectivity index (χ2v) is 1.87. The van der Waals surface area contributed by atoms with Crippen LogP contribution in [0.15, 0.2) is 12.2 Å². The van der Waals surface area contributed by atoms with Crippen molar-refractivity contribution in [2.24, 2.45) is 0 Å². The van der Waals surface area contributed by atoms with Crippen LogP contribution in [0.3, 0.4) is 0 Å². The third-order valence-electron chi connectivity index (χ3n) is 0.511. The van der Waals surface area contributed by atoms with Crippen LogP contribution in [-0.2, 0) is 11.3 Å². The molecule has 0 spiro atoms. The van der Waals surface area contributed by atoms with Gasteiger partial charge in [-0.25, -0.2) is 4.72 Å². The molecule has 0 amide bonds. The zero-order valence-electron chi connectivity index (χ0n) is 4.53. The number of nitrogens with zero attached hydrogens (tertiary/aromatic N) is 1. The Kier molecular flexibility index (Phi) is 5.01. The minimum Gasteiger partial charge on any atom is -0.760 e. The Hall–Kier alpha value is -0.700. The molecule has 0 aliphatic carbocycles. The number of hydrogen-bond donors (Lipinski definition) is 1. The maximum absolute atomic E-state index is 9.73. The van der Waals surface area contributed by atoms with Crippen molar-refractivity contribution in [2.75, 3.05) is 6.54 Å². The van der Waals surface area contributed by atoms with E-state index in [1.165, 1.54) is 12.2 Å².